The number of unbranched alkanes of at least 4 members (excludes halogenated alkanes) is 2. The van der Waals surface area contributed by atoms with E-state index in [2.05, 4.69) is 32.0 Å². The van der Waals surface area contributed by atoms with Gasteiger partial charge in [-0.2, -0.15) is 5.26 Å². The molecule has 1 aromatic rings. The highest BCUT2D eigenvalue weighted by Gasteiger charge is 2.22. The fraction of sp³-hybridized carbons (Fsp3) is 0.667. The first kappa shape index (κ1) is 17.9. The molecule has 0 radical (unpaired) electrons. The minimum absolute atomic E-state index is 0.629. The molecule has 0 spiro atoms. The van der Waals surface area contributed by atoms with Crippen molar-refractivity contribution in [3.8, 4) is 11.8 Å². The molecule has 0 N–H and O–H groups in total. The maximum absolute atomic E-state index is 9.41. The van der Waals surface area contributed by atoms with Crippen LogP contribution in [0.25, 0.3) is 0 Å². The average Bonchev–Trinajstić information content (AvgIpc) is 2.61. The summed E-state index contributed by atoms with van der Waals surface area (Å²) in [6.45, 7) is 5.13. The normalized spacial score (nSPS) is 20.9. The fourth-order valence-electron chi connectivity index (χ4n) is 3.62. The number of rotatable bonds is 8. The smallest absolute Gasteiger partial charge is 0.137 e. The summed E-state index contributed by atoms with van der Waals surface area (Å²) in [5, 5.41) is 9.41. The van der Waals surface area contributed by atoms with Gasteiger partial charge in [0.1, 0.15) is 11.8 Å². The van der Waals surface area contributed by atoms with Gasteiger partial charge in [0.25, 0.3) is 0 Å². The topological polar surface area (TPSA) is 33.0 Å². The Morgan fingerprint density at radius 3 is 2.48 bits per heavy atom. The van der Waals surface area contributed by atoms with Crippen LogP contribution in [-0.4, -0.2) is 6.61 Å². The third kappa shape index (κ3) is 5.27. The Morgan fingerprint density at radius 1 is 1.09 bits per heavy atom. The monoisotopic (exact) mass is 313 g/mol. The highest BCUT2D eigenvalue weighted by molar-refractivity contribution is 5.46. The van der Waals surface area contributed by atoms with Crippen molar-refractivity contribution in [2.45, 2.75) is 77.6 Å². The lowest BCUT2D eigenvalue weighted by atomic mass is 9.77. The Hall–Kier alpha value is -1.49. The molecule has 0 aromatic heterocycles. The molecule has 0 bridgehead atoms. The molecule has 2 nitrogen and oxygen atoms in total. The van der Waals surface area contributed by atoms with Gasteiger partial charge in [-0.1, -0.05) is 45.6 Å². The van der Waals surface area contributed by atoms with Crippen LogP contribution < -0.4 is 4.74 Å². The van der Waals surface area contributed by atoms with Gasteiger partial charge in [0, 0.05) is 0 Å². The third-order valence-electron chi connectivity index (χ3n) is 5.16. The summed E-state index contributed by atoms with van der Waals surface area (Å²) in [5.74, 6) is 2.31. The molecule has 1 fully saturated rings. The van der Waals surface area contributed by atoms with E-state index in [9.17, 15) is 5.26 Å². The van der Waals surface area contributed by atoms with Gasteiger partial charge in [0.2, 0.25) is 0 Å². The van der Waals surface area contributed by atoms with Crippen LogP contribution in [0.4, 0.5) is 0 Å². The average molecular weight is 313 g/mol. The van der Waals surface area contributed by atoms with E-state index < -0.39 is 0 Å². The largest absolute Gasteiger partial charge is 0.492 e. The van der Waals surface area contributed by atoms with Crippen LogP contribution in [0, 0.1) is 17.2 Å². The number of nitriles is 1. The Labute approximate surface area is 141 Å². The van der Waals surface area contributed by atoms with E-state index in [1.165, 1.54) is 50.5 Å². The Bertz CT molecular complexity index is 509. The second-order valence-corrected chi connectivity index (χ2v) is 6.93. The van der Waals surface area contributed by atoms with Crippen LogP contribution in [0.15, 0.2) is 18.2 Å². The summed E-state index contributed by atoms with van der Waals surface area (Å²) in [6.07, 6.45) is 11.5. The zero-order valence-corrected chi connectivity index (χ0v) is 14.8. The maximum Gasteiger partial charge on any atom is 0.137 e. The lowest BCUT2D eigenvalue weighted by Crippen LogP contribution is -2.13. The molecular formula is C21H31NO. The maximum atomic E-state index is 9.41. The number of hydrogen-bond acceptors (Lipinski definition) is 2. The molecule has 2 heteroatoms. The summed E-state index contributed by atoms with van der Waals surface area (Å²) >= 11 is 0. The van der Waals surface area contributed by atoms with Crippen molar-refractivity contribution in [2.75, 3.05) is 6.61 Å². The predicted octanol–water partition coefficient (Wildman–Crippen LogP) is 6.20. The van der Waals surface area contributed by atoms with Crippen LogP contribution in [-0.2, 0) is 0 Å². The van der Waals surface area contributed by atoms with Gasteiger partial charge < -0.3 is 4.74 Å². The van der Waals surface area contributed by atoms with E-state index in [0.717, 1.165) is 24.5 Å². The molecule has 1 aliphatic rings. The first-order chi connectivity index (χ1) is 11.3. The van der Waals surface area contributed by atoms with Crippen molar-refractivity contribution in [3.05, 3.63) is 29.3 Å². The first-order valence-electron chi connectivity index (χ1n) is 9.45. The zero-order chi connectivity index (χ0) is 16.5. The van der Waals surface area contributed by atoms with Crippen molar-refractivity contribution in [1.82, 2.24) is 0 Å². The molecule has 0 unspecified atom stereocenters. The van der Waals surface area contributed by atoms with Gasteiger partial charge in [-0.05, 0) is 61.6 Å². The van der Waals surface area contributed by atoms with Gasteiger partial charge in [-0.25, -0.2) is 0 Å². The molecule has 0 saturated heterocycles. The molecule has 2 rings (SSSR count). The first-order valence-corrected chi connectivity index (χ1v) is 9.45. The fourth-order valence-corrected chi connectivity index (χ4v) is 3.62. The zero-order valence-electron chi connectivity index (χ0n) is 14.8. The molecule has 1 aromatic carbocycles. The van der Waals surface area contributed by atoms with Crippen LogP contribution >= 0.6 is 0 Å². The lowest BCUT2D eigenvalue weighted by Gasteiger charge is -2.29. The molecule has 0 atom stereocenters. The molecule has 23 heavy (non-hydrogen) atoms. The van der Waals surface area contributed by atoms with Crippen molar-refractivity contribution in [3.63, 3.8) is 0 Å². The Kier molecular flexibility index (Phi) is 7.46. The number of benzene rings is 1. The molecule has 0 amide bonds. The van der Waals surface area contributed by atoms with Crippen LogP contribution in [0.2, 0.25) is 0 Å². The third-order valence-corrected chi connectivity index (χ3v) is 5.16. The van der Waals surface area contributed by atoms with Gasteiger partial charge in [0.15, 0.2) is 0 Å². The predicted molar refractivity (Wildman–Crippen MR) is 95.8 cm³/mol. The summed E-state index contributed by atoms with van der Waals surface area (Å²) in [6, 6.07) is 8.57. The lowest BCUT2D eigenvalue weighted by molar-refractivity contribution is 0.302. The standard InChI is InChI=1S/C21H31NO/c1-3-5-7-17-8-10-18(11-9-17)19-12-13-21(20(15-19)16-22)23-14-6-4-2/h12-13,15,17-18H,3-11,14H2,1-2H3/t17-,18-. The second kappa shape index (κ2) is 9.60. The van der Waals surface area contributed by atoms with E-state index in [0.29, 0.717) is 18.1 Å². The quantitative estimate of drug-likeness (QED) is 0.535. The van der Waals surface area contributed by atoms with Crippen molar-refractivity contribution >= 4 is 0 Å². The van der Waals surface area contributed by atoms with E-state index in [1.807, 2.05) is 6.07 Å². The summed E-state index contributed by atoms with van der Waals surface area (Å²) in [4.78, 5) is 0. The number of hydrogen-bond donors (Lipinski definition) is 0. The molecular weight excluding hydrogens is 282 g/mol. The molecule has 0 aliphatic heterocycles. The van der Waals surface area contributed by atoms with Gasteiger partial charge >= 0.3 is 0 Å². The van der Waals surface area contributed by atoms with Crippen LogP contribution in [0.1, 0.15) is 88.7 Å². The van der Waals surface area contributed by atoms with Gasteiger partial charge in [-0.15, -0.1) is 0 Å². The Morgan fingerprint density at radius 2 is 1.83 bits per heavy atom. The van der Waals surface area contributed by atoms with E-state index in [4.69, 9.17) is 4.74 Å². The van der Waals surface area contributed by atoms with E-state index >= 15 is 0 Å². The van der Waals surface area contributed by atoms with Crippen molar-refractivity contribution in [1.29, 1.82) is 5.26 Å². The summed E-state index contributed by atoms with van der Waals surface area (Å²) in [5.41, 5.74) is 2.03. The molecule has 126 valence electrons. The van der Waals surface area contributed by atoms with Gasteiger partial charge in [-0.3, -0.25) is 0 Å². The molecule has 1 aliphatic carbocycles. The highest BCUT2D eigenvalue weighted by atomic mass is 16.5. The number of ether oxygens (including phenoxy) is 1. The Balaban J connectivity index is 1.94. The van der Waals surface area contributed by atoms with Gasteiger partial charge in [0.05, 0.1) is 12.2 Å². The summed E-state index contributed by atoms with van der Waals surface area (Å²) in [7, 11) is 0. The minimum atomic E-state index is 0.629. The highest BCUT2D eigenvalue weighted by Crippen LogP contribution is 2.38. The SMILES string of the molecule is CCCCOc1ccc([C@H]2CC[C@H](CCCC)CC2)cc1C#N. The van der Waals surface area contributed by atoms with Crippen LogP contribution in [0.3, 0.4) is 0 Å². The van der Waals surface area contributed by atoms with Crippen molar-refractivity contribution in [2.24, 2.45) is 5.92 Å². The molecule has 1 saturated carbocycles. The van der Waals surface area contributed by atoms with Crippen molar-refractivity contribution < 1.29 is 4.74 Å². The minimum Gasteiger partial charge on any atom is -0.492 e. The van der Waals surface area contributed by atoms with E-state index in [1.54, 1.807) is 0 Å². The van der Waals surface area contributed by atoms with E-state index in [-0.39, 0.29) is 0 Å². The van der Waals surface area contributed by atoms with Crippen LogP contribution in [0.5, 0.6) is 5.75 Å². The second-order valence-electron chi connectivity index (χ2n) is 6.93. The molecule has 0 heterocycles. The summed E-state index contributed by atoms with van der Waals surface area (Å²) < 4.78 is 5.75. The number of nitrogens with zero attached hydrogens (tertiary/aromatic N) is 1.